The Morgan fingerprint density at radius 3 is 2.79 bits per heavy atom. The molecule has 1 heterocycles. The average molecular weight is 267 g/mol. The van der Waals surface area contributed by atoms with Crippen molar-refractivity contribution in [3.05, 3.63) is 22.2 Å². The Morgan fingerprint density at radius 1 is 1.37 bits per heavy atom. The van der Waals surface area contributed by atoms with Crippen LogP contribution in [0.25, 0.3) is 0 Å². The number of ether oxygens (including phenoxy) is 1. The first-order valence-corrected chi connectivity index (χ1v) is 7.06. The highest BCUT2D eigenvalue weighted by Gasteiger charge is 2.04. The predicted molar refractivity (Wildman–Crippen MR) is 77.8 cm³/mol. The number of nitrogens with one attached hydrogen (secondary N) is 2. The maximum Gasteiger partial charge on any atom is 0.252 e. The molecule has 0 atom stereocenters. The van der Waals surface area contributed by atoms with Crippen molar-refractivity contribution in [3.8, 4) is 0 Å². The zero-order chi connectivity index (χ0) is 14.1. The van der Waals surface area contributed by atoms with E-state index in [1.165, 1.54) is 6.07 Å². The van der Waals surface area contributed by atoms with Gasteiger partial charge in [-0.05, 0) is 12.8 Å². The second kappa shape index (κ2) is 8.69. The molecular weight excluding hydrogens is 242 g/mol. The van der Waals surface area contributed by atoms with E-state index in [9.17, 15) is 4.79 Å². The molecule has 2 N–H and O–H groups in total. The van der Waals surface area contributed by atoms with Crippen molar-refractivity contribution in [2.24, 2.45) is 0 Å². The number of H-pyrrole nitrogens is 1. The van der Waals surface area contributed by atoms with Gasteiger partial charge in [-0.1, -0.05) is 27.2 Å². The lowest BCUT2D eigenvalue weighted by Gasteiger charge is -2.09. The van der Waals surface area contributed by atoms with E-state index in [0.717, 1.165) is 39.0 Å². The van der Waals surface area contributed by atoms with Crippen LogP contribution in [0, 0.1) is 0 Å². The van der Waals surface area contributed by atoms with E-state index >= 15 is 0 Å². The SMILES string of the molecule is CCCCOCCCNc1cc(=O)[nH]c(C(C)C)n1. The Labute approximate surface area is 114 Å². The van der Waals surface area contributed by atoms with Gasteiger partial charge in [0, 0.05) is 31.7 Å². The quantitative estimate of drug-likeness (QED) is 0.675. The third-order valence-corrected chi connectivity index (χ3v) is 2.72. The summed E-state index contributed by atoms with van der Waals surface area (Å²) in [6.07, 6.45) is 3.18. The summed E-state index contributed by atoms with van der Waals surface area (Å²) in [6, 6.07) is 1.49. The molecule has 1 aromatic rings. The Kier molecular flexibility index (Phi) is 7.18. The summed E-state index contributed by atoms with van der Waals surface area (Å²) in [4.78, 5) is 18.6. The van der Waals surface area contributed by atoms with E-state index in [1.807, 2.05) is 13.8 Å². The van der Waals surface area contributed by atoms with Gasteiger partial charge in [-0.25, -0.2) is 4.98 Å². The predicted octanol–water partition coefficient (Wildman–Crippen LogP) is 2.51. The number of aromatic nitrogens is 2. The van der Waals surface area contributed by atoms with E-state index < -0.39 is 0 Å². The molecule has 0 amide bonds. The zero-order valence-electron chi connectivity index (χ0n) is 12.2. The van der Waals surface area contributed by atoms with Crippen molar-refractivity contribution in [3.63, 3.8) is 0 Å². The van der Waals surface area contributed by atoms with Gasteiger partial charge in [0.05, 0.1) is 0 Å². The first-order chi connectivity index (χ1) is 9.13. The normalized spacial score (nSPS) is 10.9. The van der Waals surface area contributed by atoms with E-state index in [4.69, 9.17) is 4.74 Å². The van der Waals surface area contributed by atoms with Crippen LogP contribution in [0.4, 0.5) is 5.82 Å². The number of nitrogens with zero attached hydrogens (tertiary/aromatic N) is 1. The van der Waals surface area contributed by atoms with Crippen LogP contribution in [0.5, 0.6) is 0 Å². The van der Waals surface area contributed by atoms with Gasteiger partial charge in [-0.2, -0.15) is 0 Å². The van der Waals surface area contributed by atoms with Gasteiger partial charge >= 0.3 is 0 Å². The first-order valence-electron chi connectivity index (χ1n) is 7.06. The Morgan fingerprint density at radius 2 is 2.11 bits per heavy atom. The molecule has 0 aromatic carbocycles. The van der Waals surface area contributed by atoms with Crippen LogP contribution >= 0.6 is 0 Å². The third-order valence-electron chi connectivity index (χ3n) is 2.72. The molecule has 0 saturated heterocycles. The summed E-state index contributed by atoms with van der Waals surface area (Å²) >= 11 is 0. The fraction of sp³-hybridized carbons (Fsp3) is 0.714. The van der Waals surface area contributed by atoms with Crippen LogP contribution in [0.15, 0.2) is 10.9 Å². The molecule has 0 spiro atoms. The van der Waals surface area contributed by atoms with Crippen molar-refractivity contribution >= 4 is 5.82 Å². The first kappa shape index (κ1) is 15.7. The molecule has 0 fully saturated rings. The maximum atomic E-state index is 11.5. The lowest BCUT2D eigenvalue weighted by Crippen LogP contribution is -2.15. The molecule has 0 aliphatic heterocycles. The zero-order valence-corrected chi connectivity index (χ0v) is 12.2. The minimum atomic E-state index is -0.111. The summed E-state index contributed by atoms with van der Waals surface area (Å²) < 4.78 is 5.47. The number of unbranched alkanes of at least 4 members (excludes halogenated alkanes) is 1. The van der Waals surface area contributed by atoms with Crippen LogP contribution in [0.2, 0.25) is 0 Å². The van der Waals surface area contributed by atoms with Crippen LogP contribution in [-0.4, -0.2) is 29.7 Å². The molecule has 0 aliphatic carbocycles. The summed E-state index contributed by atoms with van der Waals surface area (Å²) in [5.74, 6) is 1.57. The Hall–Kier alpha value is -1.36. The van der Waals surface area contributed by atoms with E-state index in [1.54, 1.807) is 0 Å². The highest BCUT2D eigenvalue weighted by Crippen LogP contribution is 2.08. The summed E-state index contributed by atoms with van der Waals surface area (Å²) in [5.41, 5.74) is -0.111. The average Bonchev–Trinajstić information content (AvgIpc) is 2.37. The Balaban J connectivity index is 2.31. The van der Waals surface area contributed by atoms with Crippen molar-refractivity contribution < 1.29 is 4.74 Å². The molecule has 0 radical (unpaired) electrons. The van der Waals surface area contributed by atoms with Gasteiger partial charge in [-0.3, -0.25) is 4.79 Å². The number of rotatable bonds is 9. The van der Waals surface area contributed by atoms with Gasteiger partial charge in [0.25, 0.3) is 5.56 Å². The van der Waals surface area contributed by atoms with Gasteiger partial charge in [-0.15, -0.1) is 0 Å². The fourth-order valence-electron chi connectivity index (χ4n) is 1.58. The summed E-state index contributed by atoms with van der Waals surface area (Å²) in [5, 5.41) is 3.16. The Bertz CT molecular complexity index is 415. The number of aromatic amines is 1. The van der Waals surface area contributed by atoms with Gasteiger partial charge < -0.3 is 15.0 Å². The summed E-state index contributed by atoms with van der Waals surface area (Å²) in [6.45, 7) is 8.49. The van der Waals surface area contributed by atoms with Crippen LogP contribution in [0.1, 0.15) is 51.8 Å². The number of anilines is 1. The summed E-state index contributed by atoms with van der Waals surface area (Å²) in [7, 11) is 0. The molecule has 0 unspecified atom stereocenters. The molecule has 19 heavy (non-hydrogen) atoms. The highest BCUT2D eigenvalue weighted by atomic mass is 16.5. The third kappa shape index (κ3) is 6.38. The molecule has 1 rings (SSSR count). The van der Waals surface area contributed by atoms with Crippen molar-refractivity contribution in [1.29, 1.82) is 0 Å². The van der Waals surface area contributed by atoms with E-state index in [2.05, 4.69) is 22.2 Å². The molecule has 0 saturated carbocycles. The minimum Gasteiger partial charge on any atom is -0.381 e. The van der Waals surface area contributed by atoms with Gasteiger partial charge in [0.1, 0.15) is 11.6 Å². The molecule has 108 valence electrons. The monoisotopic (exact) mass is 267 g/mol. The molecular formula is C14H25N3O2. The van der Waals surface area contributed by atoms with Crippen molar-refractivity contribution in [1.82, 2.24) is 9.97 Å². The molecule has 5 heteroatoms. The molecule has 1 aromatic heterocycles. The smallest absolute Gasteiger partial charge is 0.252 e. The number of hydrogen-bond donors (Lipinski definition) is 2. The van der Waals surface area contributed by atoms with Crippen molar-refractivity contribution in [2.45, 2.75) is 46.0 Å². The second-order valence-corrected chi connectivity index (χ2v) is 4.92. The van der Waals surface area contributed by atoms with Gasteiger partial charge in [0.2, 0.25) is 0 Å². The van der Waals surface area contributed by atoms with Crippen molar-refractivity contribution in [2.75, 3.05) is 25.1 Å². The van der Waals surface area contributed by atoms with Crippen LogP contribution < -0.4 is 10.9 Å². The number of hydrogen-bond acceptors (Lipinski definition) is 4. The largest absolute Gasteiger partial charge is 0.381 e. The lowest BCUT2D eigenvalue weighted by molar-refractivity contribution is 0.131. The minimum absolute atomic E-state index is 0.111. The standard InChI is InChI=1S/C14H25N3O2/c1-4-5-8-19-9-6-7-15-12-10-13(18)17-14(16-12)11(2)3/h10-11H,4-9H2,1-3H3,(H2,15,16,17,18). The van der Waals surface area contributed by atoms with Gasteiger partial charge in [0.15, 0.2) is 0 Å². The van der Waals surface area contributed by atoms with E-state index in [0.29, 0.717) is 11.6 Å². The molecule has 0 bridgehead atoms. The fourth-order valence-corrected chi connectivity index (χ4v) is 1.58. The highest BCUT2D eigenvalue weighted by molar-refractivity contribution is 5.33. The second-order valence-electron chi connectivity index (χ2n) is 4.92. The molecule has 5 nitrogen and oxygen atoms in total. The lowest BCUT2D eigenvalue weighted by atomic mass is 10.2. The molecule has 0 aliphatic rings. The van der Waals surface area contributed by atoms with Crippen LogP contribution in [0.3, 0.4) is 0 Å². The topological polar surface area (TPSA) is 67.0 Å². The van der Waals surface area contributed by atoms with E-state index in [-0.39, 0.29) is 11.5 Å². The maximum absolute atomic E-state index is 11.5. The van der Waals surface area contributed by atoms with Crippen LogP contribution in [-0.2, 0) is 4.74 Å².